The molecule has 222 valence electrons. The van der Waals surface area contributed by atoms with E-state index in [0.29, 0.717) is 55.0 Å². The molecule has 3 aromatic carbocycles. The SMILES string of the molecule is COc1ccc([C@@H]2C(C(=O)OC(C)C)=C(C)N=c3s/c(=C\c4cc(Cl)c(OCc5ccccc5)c(OC)c4)c(=O)n32)cc1. The summed E-state index contributed by atoms with van der Waals surface area (Å²) in [6, 6.07) is 19.7. The van der Waals surface area contributed by atoms with Crippen molar-refractivity contribution >= 4 is 35.0 Å². The number of allylic oxidation sites excluding steroid dienone is 1. The summed E-state index contributed by atoms with van der Waals surface area (Å²) in [7, 11) is 3.12. The van der Waals surface area contributed by atoms with Gasteiger partial charge in [0, 0.05) is 0 Å². The molecule has 1 atom stereocenters. The minimum absolute atomic E-state index is 0.300. The number of benzene rings is 3. The molecule has 0 fully saturated rings. The molecule has 1 aromatic heterocycles. The highest BCUT2D eigenvalue weighted by Gasteiger charge is 2.33. The van der Waals surface area contributed by atoms with Crippen LogP contribution in [0.3, 0.4) is 0 Å². The predicted molar refractivity (Wildman–Crippen MR) is 167 cm³/mol. The normalized spacial score (nSPS) is 14.8. The summed E-state index contributed by atoms with van der Waals surface area (Å²) < 4.78 is 24.4. The maximum Gasteiger partial charge on any atom is 0.338 e. The lowest BCUT2D eigenvalue weighted by atomic mass is 9.96. The van der Waals surface area contributed by atoms with E-state index >= 15 is 0 Å². The molecule has 0 radical (unpaired) electrons. The van der Waals surface area contributed by atoms with Crippen molar-refractivity contribution in [3.8, 4) is 17.2 Å². The Bertz CT molecular complexity index is 1860. The summed E-state index contributed by atoms with van der Waals surface area (Å²) in [5, 5.41) is 0.347. The van der Waals surface area contributed by atoms with Crippen molar-refractivity contribution in [1.29, 1.82) is 0 Å². The van der Waals surface area contributed by atoms with Crippen LogP contribution in [0.25, 0.3) is 6.08 Å². The first-order valence-corrected chi connectivity index (χ1v) is 14.8. The second-order valence-corrected chi connectivity index (χ2v) is 11.5. The zero-order valence-corrected chi connectivity index (χ0v) is 26.0. The second-order valence-electron chi connectivity index (χ2n) is 10.1. The van der Waals surface area contributed by atoms with Gasteiger partial charge in [-0.05, 0) is 67.8 Å². The minimum Gasteiger partial charge on any atom is -0.497 e. The number of methoxy groups -OCH3 is 2. The number of carbonyl (C=O) groups is 1. The quantitative estimate of drug-likeness (QED) is 0.232. The Balaban J connectivity index is 1.58. The molecule has 0 saturated heterocycles. The van der Waals surface area contributed by atoms with Crippen LogP contribution in [0.4, 0.5) is 0 Å². The molecular weight excluding hydrogens is 588 g/mol. The van der Waals surface area contributed by atoms with E-state index < -0.39 is 12.0 Å². The highest BCUT2D eigenvalue weighted by Crippen LogP contribution is 2.37. The van der Waals surface area contributed by atoms with E-state index in [1.54, 1.807) is 62.8 Å². The van der Waals surface area contributed by atoms with Crippen LogP contribution in [0.5, 0.6) is 17.2 Å². The first kappa shape index (κ1) is 30.1. The Morgan fingerprint density at radius 2 is 1.79 bits per heavy atom. The molecule has 1 aliphatic heterocycles. The Morgan fingerprint density at radius 1 is 1.07 bits per heavy atom. The highest BCUT2D eigenvalue weighted by atomic mass is 35.5. The molecule has 0 saturated carbocycles. The fourth-order valence-electron chi connectivity index (χ4n) is 4.81. The van der Waals surface area contributed by atoms with Crippen LogP contribution < -0.4 is 29.1 Å². The van der Waals surface area contributed by atoms with Crippen LogP contribution in [0.2, 0.25) is 5.02 Å². The molecule has 8 nitrogen and oxygen atoms in total. The van der Waals surface area contributed by atoms with Gasteiger partial charge in [-0.1, -0.05) is 65.4 Å². The van der Waals surface area contributed by atoms with E-state index in [1.807, 2.05) is 42.5 Å². The van der Waals surface area contributed by atoms with Crippen LogP contribution >= 0.6 is 22.9 Å². The first-order valence-electron chi connectivity index (χ1n) is 13.6. The smallest absolute Gasteiger partial charge is 0.338 e. The molecule has 10 heteroatoms. The van der Waals surface area contributed by atoms with Crippen molar-refractivity contribution in [2.24, 2.45) is 4.99 Å². The number of carbonyl (C=O) groups excluding carboxylic acids is 1. The summed E-state index contributed by atoms with van der Waals surface area (Å²) in [6.45, 7) is 5.64. The van der Waals surface area contributed by atoms with E-state index in [-0.39, 0.29) is 11.7 Å². The van der Waals surface area contributed by atoms with E-state index in [9.17, 15) is 9.59 Å². The van der Waals surface area contributed by atoms with E-state index in [2.05, 4.69) is 4.99 Å². The van der Waals surface area contributed by atoms with Gasteiger partial charge in [0.2, 0.25) is 0 Å². The topological polar surface area (TPSA) is 88.4 Å². The van der Waals surface area contributed by atoms with Gasteiger partial charge in [-0.25, -0.2) is 9.79 Å². The van der Waals surface area contributed by atoms with Crippen molar-refractivity contribution in [2.45, 2.75) is 39.5 Å². The molecule has 1 aliphatic rings. The van der Waals surface area contributed by atoms with Crippen molar-refractivity contribution in [3.63, 3.8) is 0 Å². The number of rotatable bonds is 9. The Morgan fingerprint density at radius 3 is 2.44 bits per heavy atom. The van der Waals surface area contributed by atoms with Gasteiger partial charge in [0.05, 0.1) is 47.2 Å². The van der Waals surface area contributed by atoms with Crippen molar-refractivity contribution in [2.75, 3.05) is 14.2 Å². The molecule has 43 heavy (non-hydrogen) atoms. The summed E-state index contributed by atoms with van der Waals surface area (Å²) in [4.78, 5) is 32.4. The molecule has 0 aliphatic carbocycles. The van der Waals surface area contributed by atoms with Crippen LogP contribution in [-0.2, 0) is 16.1 Å². The van der Waals surface area contributed by atoms with Crippen molar-refractivity contribution in [1.82, 2.24) is 4.57 Å². The van der Waals surface area contributed by atoms with Crippen molar-refractivity contribution < 1.29 is 23.7 Å². The van der Waals surface area contributed by atoms with E-state index in [0.717, 1.165) is 11.1 Å². The number of esters is 1. The Labute approximate surface area is 258 Å². The maximum atomic E-state index is 14.0. The maximum absolute atomic E-state index is 14.0. The molecular formula is C33H31ClN2O6S. The molecule has 0 N–H and O–H groups in total. The van der Waals surface area contributed by atoms with Gasteiger partial charge >= 0.3 is 5.97 Å². The van der Waals surface area contributed by atoms with Gasteiger partial charge in [-0.15, -0.1) is 0 Å². The molecule has 0 bridgehead atoms. The number of hydrogen-bond acceptors (Lipinski definition) is 8. The number of nitrogens with zero attached hydrogens (tertiary/aromatic N) is 2. The highest BCUT2D eigenvalue weighted by molar-refractivity contribution is 7.07. The first-order chi connectivity index (χ1) is 20.7. The van der Waals surface area contributed by atoms with Gasteiger partial charge in [0.1, 0.15) is 12.4 Å². The summed E-state index contributed by atoms with van der Waals surface area (Å²) in [6.07, 6.45) is 1.39. The molecule has 0 spiro atoms. The van der Waals surface area contributed by atoms with Crippen LogP contribution in [0, 0.1) is 0 Å². The van der Waals surface area contributed by atoms with Crippen LogP contribution in [0.1, 0.15) is 43.5 Å². The molecule has 5 rings (SSSR count). The Hall–Kier alpha value is -4.34. The van der Waals surface area contributed by atoms with Crippen LogP contribution in [0.15, 0.2) is 87.8 Å². The lowest BCUT2D eigenvalue weighted by molar-refractivity contribution is -0.143. The van der Waals surface area contributed by atoms with Gasteiger partial charge in [-0.2, -0.15) is 0 Å². The number of aromatic nitrogens is 1. The molecule has 4 aromatic rings. The number of hydrogen-bond donors (Lipinski definition) is 0. The number of fused-ring (bicyclic) bond motifs is 1. The van der Waals surface area contributed by atoms with E-state index in [4.69, 9.17) is 30.5 Å². The minimum atomic E-state index is -0.734. The lowest BCUT2D eigenvalue weighted by Crippen LogP contribution is -2.40. The molecule has 0 unspecified atom stereocenters. The van der Waals surface area contributed by atoms with Crippen LogP contribution in [-0.4, -0.2) is 30.9 Å². The second kappa shape index (κ2) is 12.9. The summed E-state index contributed by atoms with van der Waals surface area (Å²) in [5.41, 5.74) is 2.86. The van der Waals surface area contributed by atoms with Gasteiger partial charge in [0.15, 0.2) is 16.3 Å². The fraction of sp³-hybridized carbons (Fsp3) is 0.242. The number of ether oxygens (including phenoxy) is 4. The lowest BCUT2D eigenvalue weighted by Gasteiger charge is -2.25. The summed E-state index contributed by atoms with van der Waals surface area (Å²) >= 11 is 7.86. The third kappa shape index (κ3) is 6.38. The molecule has 2 heterocycles. The summed E-state index contributed by atoms with van der Waals surface area (Å²) in [5.74, 6) is 0.988. The third-order valence-corrected chi connectivity index (χ3v) is 8.06. The zero-order chi connectivity index (χ0) is 30.7. The average Bonchev–Trinajstić information content (AvgIpc) is 3.29. The van der Waals surface area contributed by atoms with Gasteiger partial charge in [0.25, 0.3) is 5.56 Å². The average molecular weight is 619 g/mol. The number of halogens is 1. The van der Waals surface area contributed by atoms with Gasteiger partial charge in [-0.3, -0.25) is 9.36 Å². The zero-order valence-electron chi connectivity index (χ0n) is 24.4. The Kier molecular flexibility index (Phi) is 9.03. The predicted octanol–water partition coefficient (Wildman–Crippen LogP) is 5.44. The largest absolute Gasteiger partial charge is 0.497 e. The standard InChI is InChI=1S/C33H31ClN2O6S/c1-19(2)42-32(38)28-20(3)35-33-36(29(28)23-11-13-24(39-4)14-12-23)31(37)27(43-33)17-22-15-25(34)30(26(16-22)40-5)41-18-21-9-7-6-8-10-21/h6-17,19,29H,18H2,1-5H3/b27-17-/t29-/m1/s1. The number of thiazole rings is 1. The fourth-order valence-corrected chi connectivity index (χ4v) is 6.13. The third-order valence-electron chi connectivity index (χ3n) is 6.79. The van der Waals surface area contributed by atoms with Gasteiger partial charge < -0.3 is 18.9 Å². The van der Waals surface area contributed by atoms with Crippen molar-refractivity contribution in [3.05, 3.63) is 119 Å². The van der Waals surface area contributed by atoms with E-state index in [1.165, 1.54) is 18.4 Å². The monoisotopic (exact) mass is 618 g/mol. The molecule has 0 amide bonds.